The quantitative estimate of drug-likeness (QED) is 0.373. The zero-order valence-electron chi connectivity index (χ0n) is 12.3. The maximum absolute atomic E-state index is 5.64. The van der Waals surface area contributed by atoms with Crippen LogP contribution < -0.4 is 11.3 Å². The Kier molecular flexibility index (Phi) is 5.38. The zero-order valence-corrected chi connectivity index (χ0v) is 12.3. The van der Waals surface area contributed by atoms with E-state index in [0.717, 1.165) is 31.9 Å². The number of ether oxygens (including phenoxy) is 1. The van der Waals surface area contributed by atoms with Gasteiger partial charge in [-0.15, -0.1) is 0 Å². The predicted molar refractivity (Wildman–Crippen MR) is 81.5 cm³/mol. The van der Waals surface area contributed by atoms with Gasteiger partial charge in [-0.1, -0.05) is 24.3 Å². The van der Waals surface area contributed by atoms with E-state index in [1.807, 2.05) is 6.92 Å². The van der Waals surface area contributed by atoms with Gasteiger partial charge in [0, 0.05) is 20.2 Å². The van der Waals surface area contributed by atoms with Crippen molar-refractivity contribution in [2.45, 2.75) is 25.8 Å². The third-order valence-corrected chi connectivity index (χ3v) is 3.60. The average molecular weight is 276 g/mol. The lowest BCUT2D eigenvalue weighted by molar-refractivity contribution is 0.185. The van der Waals surface area contributed by atoms with Gasteiger partial charge in [0.05, 0.1) is 12.6 Å². The van der Waals surface area contributed by atoms with Gasteiger partial charge in [-0.05, 0) is 30.9 Å². The third kappa shape index (κ3) is 3.71. The maximum Gasteiger partial charge on any atom is 0.208 e. The van der Waals surface area contributed by atoms with Crippen molar-refractivity contribution < 1.29 is 4.74 Å². The van der Waals surface area contributed by atoms with E-state index in [9.17, 15) is 0 Å². The number of nitrogens with two attached hydrogens (primary N) is 1. The molecule has 0 radical (unpaired) electrons. The van der Waals surface area contributed by atoms with Gasteiger partial charge in [-0.2, -0.15) is 0 Å². The lowest BCUT2D eigenvalue weighted by Gasteiger charge is -2.24. The Morgan fingerprint density at radius 3 is 2.45 bits per heavy atom. The van der Waals surface area contributed by atoms with Crippen molar-refractivity contribution in [2.75, 3.05) is 26.8 Å². The van der Waals surface area contributed by atoms with E-state index in [-0.39, 0.29) is 6.04 Å². The van der Waals surface area contributed by atoms with Crippen molar-refractivity contribution in [1.29, 1.82) is 0 Å². The van der Waals surface area contributed by atoms with E-state index in [2.05, 4.69) is 39.6 Å². The molecule has 5 heteroatoms. The Labute approximate surface area is 120 Å². The fraction of sp³-hybridized carbons (Fsp3) is 0.533. The summed E-state index contributed by atoms with van der Waals surface area (Å²) < 4.78 is 5.12. The van der Waals surface area contributed by atoms with Gasteiger partial charge >= 0.3 is 0 Å². The molecule has 5 nitrogen and oxygen atoms in total. The molecular formula is C15H24N4O. The highest BCUT2D eigenvalue weighted by Gasteiger charge is 2.16. The van der Waals surface area contributed by atoms with Crippen molar-refractivity contribution in [3.63, 3.8) is 0 Å². The molecule has 110 valence electrons. The van der Waals surface area contributed by atoms with Crippen LogP contribution in [0.5, 0.6) is 0 Å². The minimum absolute atomic E-state index is 0.0941. The van der Waals surface area contributed by atoms with E-state index in [1.54, 1.807) is 7.11 Å². The minimum atomic E-state index is 0.0941. The van der Waals surface area contributed by atoms with E-state index in [4.69, 9.17) is 10.6 Å². The van der Waals surface area contributed by atoms with Crippen LogP contribution in [0.3, 0.4) is 0 Å². The Balaban J connectivity index is 2.06. The topological polar surface area (TPSA) is 62.9 Å². The third-order valence-electron chi connectivity index (χ3n) is 3.60. The maximum atomic E-state index is 5.64. The predicted octanol–water partition coefficient (Wildman–Crippen LogP) is 0.941. The molecule has 1 atom stereocenters. The summed E-state index contributed by atoms with van der Waals surface area (Å²) in [6.45, 7) is 4.48. The van der Waals surface area contributed by atoms with Crippen molar-refractivity contribution in [3.8, 4) is 0 Å². The number of fused-ring (bicyclic) bond motifs is 1. The first kappa shape index (κ1) is 14.8. The van der Waals surface area contributed by atoms with Gasteiger partial charge in [0.2, 0.25) is 5.96 Å². The number of hydrogen-bond acceptors (Lipinski definition) is 3. The first-order valence-electron chi connectivity index (χ1n) is 7.09. The van der Waals surface area contributed by atoms with Crippen LogP contribution >= 0.6 is 0 Å². The Morgan fingerprint density at radius 2 is 1.95 bits per heavy atom. The standard InChI is InChI=1S/C15H24N4O/c1-12(11-20-2)17-15(18-16)19-9-7-13-5-3-4-6-14(13)8-10-19/h3-6,12H,7-11,16H2,1-2H3,(H,17,18). The van der Waals surface area contributed by atoms with Gasteiger partial charge in [0.15, 0.2) is 0 Å². The van der Waals surface area contributed by atoms with Crippen molar-refractivity contribution in [2.24, 2.45) is 10.8 Å². The van der Waals surface area contributed by atoms with Crippen LogP contribution in [-0.4, -0.2) is 43.7 Å². The molecule has 0 saturated heterocycles. The molecule has 0 spiro atoms. The molecule has 2 rings (SSSR count). The highest BCUT2D eigenvalue weighted by molar-refractivity contribution is 5.79. The highest BCUT2D eigenvalue weighted by atomic mass is 16.5. The first-order valence-corrected chi connectivity index (χ1v) is 7.09. The molecule has 0 amide bonds. The average Bonchev–Trinajstić information content (AvgIpc) is 2.68. The number of aliphatic imine (C=N–C) groups is 1. The molecule has 0 aliphatic carbocycles. The molecule has 20 heavy (non-hydrogen) atoms. The Bertz CT molecular complexity index is 434. The monoisotopic (exact) mass is 276 g/mol. The molecular weight excluding hydrogens is 252 g/mol. The van der Waals surface area contributed by atoms with E-state index in [1.165, 1.54) is 11.1 Å². The van der Waals surface area contributed by atoms with Crippen LogP contribution in [0, 0.1) is 0 Å². The van der Waals surface area contributed by atoms with Gasteiger partial charge in [0.25, 0.3) is 0 Å². The van der Waals surface area contributed by atoms with Crippen LogP contribution in [0.15, 0.2) is 29.3 Å². The summed E-state index contributed by atoms with van der Waals surface area (Å²) in [4.78, 5) is 6.81. The first-order chi connectivity index (χ1) is 9.74. The molecule has 1 unspecified atom stereocenters. The largest absolute Gasteiger partial charge is 0.382 e. The van der Waals surface area contributed by atoms with Crippen LogP contribution in [0.4, 0.5) is 0 Å². The van der Waals surface area contributed by atoms with Gasteiger partial charge in [-0.3, -0.25) is 5.43 Å². The van der Waals surface area contributed by atoms with Crippen molar-refractivity contribution >= 4 is 5.96 Å². The number of nitrogens with one attached hydrogen (secondary N) is 1. The fourth-order valence-corrected chi connectivity index (χ4v) is 2.58. The summed E-state index contributed by atoms with van der Waals surface area (Å²) in [7, 11) is 1.68. The Hall–Kier alpha value is -1.59. The number of methoxy groups -OCH3 is 1. The summed E-state index contributed by atoms with van der Waals surface area (Å²) in [5, 5.41) is 0. The molecule has 0 saturated carbocycles. The minimum Gasteiger partial charge on any atom is -0.382 e. The van der Waals surface area contributed by atoms with E-state index < -0.39 is 0 Å². The lowest BCUT2D eigenvalue weighted by atomic mass is 10.0. The second kappa shape index (κ2) is 7.26. The van der Waals surface area contributed by atoms with Crippen molar-refractivity contribution in [3.05, 3.63) is 35.4 Å². The molecule has 3 N–H and O–H groups in total. The molecule has 1 aliphatic rings. The second-order valence-corrected chi connectivity index (χ2v) is 5.16. The fourth-order valence-electron chi connectivity index (χ4n) is 2.58. The summed E-state index contributed by atoms with van der Waals surface area (Å²) in [6, 6.07) is 8.71. The number of nitrogens with zero attached hydrogens (tertiary/aromatic N) is 2. The molecule has 1 aliphatic heterocycles. The summed E-state index contributed by atoms with van der Waals surface area (Å²) in [6.07, 6.45) is 2.05. The SMILES string of the molecule is COCC(C)N=C(NN)N1CCc2ccccc2CC1. The number of rotatable bonds is 3. The summed E-state index contributed by atoms with van der Waals surface area (Å²) in [5.74, 6) is 6.39. The number of guanidine groups is 1. The van der Waals surface area contributed by atoms with Crippen LogP contribution in [0.25, 0.3) is 0 Å². The molecule has 1 aromatic rings. The lowest BCUT2D eigenvalue weighted by Crippen LogP contribution is -2.46. The molecule has 1 heterocycles. The Morgan fingerprint density at radius 1 is 1.35 bits per heavy atom. The molecule has 0 aromatic heterocycles. The van der Waals surface area contributed by atoms with E-state index in [0.29, 0.717) is 6.61 Å². The number of hydrazine groups is 1. The molecule has 0 fully saturated rings. The molecule has 1 aromatic carbocycles. The van der Waals surface area contributed by atoms with Gasteiger partial charge in [0.1, 0.15) is 0 Å². The van der Waals surface area contributed by atoms with E-state index >= 15 is 0 Å². The second-order valence-electron chi connectivity index (χ2n) is 5.16. The zero-order chi connectivity index (χ0) is 14.4. The number of benzene rings is 1. The normalized spacial score (nSPS) is 17.4. The van der Waals surface area contributed by atoms with Crippen LogP contribution in [0.2, 0.25) is 0 Å². The van der Waals surface area contributed by atoms with Crippen LogP contribution in [0.1, 0.15) is 18.1 Å². The highest BCUT2D eigenvalue weighted by Crippen LogP contribution is 2.15. The van der Waals surface area contributed by atoms with Gasteiger partial charge in [-0.25, -0.2) is 10.8 Å². The van der Waals surface area contributed by atoms with Gasteiger partial charge < -0.3 is 9.64 Å². The summed E-state index contributed by atoms with van der Waals surface area (Å²) in [5.41, 5.74) is 5.59. The smallest absolute Gasteiger partial charge is 0.208 e. The summed E-state index contributed by atoms with van der Waals surface area (Å²) >= 11 is 0. The number of hydrogen-bond donors (Lipinski definition) is 2. The van der Waals surface area contributed by atoms with Crippen molar-refractivity contribution in [1.82, 2.24) is 10.3 Å². The van der Waals surface area contributed by atoms with Crippen LogP contribution in [-0.2, 0) is 17.6 Å². The molecule has 0 bridgehead atoms.